The highest BCUT2D eigenvalue weighted by Gasteiger charge is 2.35. The van der Waals surface area contributed by atoms with E-state index in [9.17, 15) is 0 Å². The summed E-state index contributed by atoms with van der Waals surface area (Å²) in [6, 6.07) is 8.17. The molecule has 3 aliphatic heterocycles. The Hall–Kier alpha value is -3.44. The molecule has 3 aliphatic rings. The van der Waals surface area contributed by atoms with E-state index >= 15 is 0 Å². The van der Waals surface area contributed by atoms with Gasteiger partial charge in [0.1, 0.15) is 41.6 Å². The molecule has 0 aromatic heterocycles. The summed E-state index contributed by atoms with van der Waals surface area (Å²) in [5.41, 5.74) is 4.32. The molecular weight excluding hydrogens is 362 g/mol. The highest BCUT2D eigenvalue weighted by Crippen LogP contribution is 2.47. The molecule has 146 valence electrons. The number of allylic oxidation sites excluding steroid dienone is 6. The number of nitrogens with zero attached hydrogens (tertiary/aromatic N) is 3. The summed E-state index contributed by atoms with van der Waals surface area (Å²) in [6.07, 6.45) is 8.39. The van der Waals surface area contributed by atoms with Crippen molar-refractivity contribution in [2.24, 2.45) is 0 Å². The van der Waals surface area contributed by atoms with Crippen LogP contribution in [0.5, 0.6) is 5.75 Å². The number of anilines is 1. The molecule has 3 heterocycles. The van der Waals surface area contributed by atoms with Crippen LogP contribution >= 0.6 is 0 Å². The van der Waals surface area contributed by atoms with Crippen LogP contribution in [-0.2, 0) is 10.2 Å². The minimum absolute atomic E-state index is 0.0759. The van der Waals surface area contributed by atoms with Gasteiger partial charge in [-0.15, -0.1) is 0 Å². The molecular formula is C24H23N3O2. The zero-order valence-electron chi connectivity index (χ0n) is 17.0. The zero-order valence-corrected chi connectivity index (χ0v) is 17.0. The number of ether oxygens (including phenoxy) is 2. The summed E-state index contributed by atoms with van der Waals surface area (Å²) in [6.45, 7) is 9.08. The van der Waals surface area contributed by atoms with Gasteiger partial charge in [-0.3, -0.25) is 0 Å². The maximum absolute atomic E-state index is 9.14. The van der Waals surface area contributed by atoms with Crippen LogP contribution in [0.1, 0.15) is 38.3 Å². The Morgan fingerprint density at radius 3 is 2.69 bits per heavy atom. The van der Waals surface area contributed by atoms with E-state index < -0.39 is 0 Å². The maximum atomic E-state index is 9.14. The number of hydrogen-bond donors (Lipinski definition) is 0. The molecule has 5 nitrogen and oxygen atoms in total. The lowest BCUT2D eigenvalue weighted by atomic mass is 9.76. The van der Waals surface area contributed by atoms with Gasteiger partial charge < -0.3 is 14.4 Å². The van der Waals surface area contributed by atoms with Gasteiger partial charge in [-0.05, 0) is 60.2 Å². The largest absolute Gasteiger partial charge is 0.490 e. The normalized spacial score (nSPS) is 19.2. The first-order valence-electron chi connectivity index (χ1n) is 9.78. The lowest BCUT2D eigenvalue weighted by molar-refractivity contribution is 0.295. The standard InChI is InChI=1S/C24H23N3O2/c1-16-10-18(19(14-25)15-26)13-20(29-16)5-4-17-11-21-23-22(12-17)28-9-8-27(23)7-6-24(21,2)3/h4-5,10-13H,6-9H2,1-3H3/b5-4+. The number of benzene rings is 1. The van der Waals surface area contributed by atoms with Gasteiger partial charge in [0.05, 0.1) is 12.2 Å². The van der Waals surface area contributed by atoms with Gasteiger partial charge in [-0.2, -0.15) is 10.5 Å². The van der Waals surface area contributed by atoms with E-state index in [1.807, 2.05) is 24.3 Å². The second kappa shape index (κ2) is 7.18. The van der Waals surface area contributed by atoms with Crippen LogP contribution in [0.2, 0.25) is 0 Å². The van der Waals surface area contributed by atoms with Gasteiger partial charge in [0, 0.05) is 12.1 Å². The van der Waals surface area contributed by atoms with Crippen LogP contribution in [0.25, 0.3) is 6.08 Å². The predicted octanol–water partition coefficient (Wildman–Crippen LogP) is 4.74. The Bertz CT molecular complexity index is 1060. The van der Waals surface area contributed by atoms with E-state index in [2.05, 4.69) is 30.9 Å². The molecule has 0 bridgehead atoms. The van der Waals surface area contributed by atoms with Crippen molar-refractivity contribution in [2.45, 2.75) is 32.6 Å². The topological polar surface area (TPSA) is 69.3 Å². The molecule has 5 heteroatoms. The van der Waals surface area contributed by atoms with E-state index in [0.717, 1.165) is 30.8 Å². The summed E-state index contributed by atoms with van der Waals surface area (Å²) in [5.74, 6) is 2.18. The van der Waals surface area contributed by atoms with Crippen LogP contribution in [-0.4, -0.2) is 19.7 Å². The van der Waals surface area contributed by atoms with Crippen molar-refractivity contribution in [2.75, 3.05) is 24.6 Å². The first-order valence-corrected chi connectivity index (χ1v) is 9.78. The molecule has 0 N–H and O–H groups in total. The van der Waals surface area contributed by atoms with Gasteiger partial charge in [-0.25, -0.2) is 0 Å². The van der Waals surface area contributed by atoms with E-state index in [4.69, 9.17) is 20.0 Å². The fraction of sp³-hybridized carbons (Fsp3) is 0.333. The van der Waals surface area contributed by atoms with Crippen molar-refractivity contribution >= 4 is 11.8 Å². The van der Waals surface area contributed by atoms with Gasteiger partial charge in [0.15, 0.2) is 0 Å². The molecule has 0 unspecified atom stereocenters. The van der Waals surface area contributed by atoms with Gasteiger partial charge in [-0.1, -0.05) is 19.9 Å². The summed E-state index contributed by atoms with van der Waals surface area (Å²) in [4.78, 5) is 2.43. The molecule has 0 amide bonds. The van der Waals surface area contributed by atoms with Gasteiger partial charge in [0.2, 0.25) is 0 Å². The SMILES string of the molecule is CC1=CC(=C(C#N)C#N)C=C(/C=C/c2cc3c4c(c2)C(C)(C)CCN4CCO3)O1. The van der Waals surface area contributed by atoms with Crippen LogP contribution in [0.3, 0.4) is 0 Å². The van der Waals surface area contributed by atoms with E-state index in [0.29, 0.717) is 23.7 Å². The van der Waals surface area contributed by atoms with Crippen LogP contribution < -0.4 is 9.64 Å². The highest BCUT2D eigenvalue weighted by atomic mass is 16.5. The Morgan fingerprint density at radius 2 is 1.93 bits per heavy atom. The summed E-state index contributed by atoms with van der Waals surface area (Å²) in [5, 5.41) is 18.3. The molecule has 0 saturated heterocycles. The first kappa shape index (κ1) is 18.9. The smallest absolute Gasteiger partial charge is 0.143 e. The van der Waals surface area contributed by atoms with Crippen LogP contribution in [0.4, 0.5) is 5.69 Å². The Kier molecular flexibility index (Phi) is 4.68. The van der Waals surface area contributed by atoms with Crippen molar-refractivity contribution in [3.63, 3.8) is 0 Å². The summed E-state index contributed by atoms with van der Waals surface area (Å²) < 4.78 is 11.7. The second-order valence-corrected chi connectivity index (χ2v) is 8.18. The second-order valence-electron chi connectivity index (χ2n) is 8.18. The molecule has 0 saturated carbocycles. The van der Waals surface area contributed by atoms with E-state index in [1.165, 1.54) is 11.3 Å². The lowest BCUT2D eigenvalue weighted by Gasteiger charge is -2.43. The molecule has 1 aromatic rings. The maximum Gasteiger partial charge on any atom is 0.143 e. The van der Waals surface area contributed by atoms with E-state index in [-0.39, 0.29) is 11.0 Å². The van der Waals surface area contributed by atoms with E-state index in [1.54, 1.807) is 19.1 Å². The van der Waals surface area contributed by atoms with Crippen LogP contribution in [0.15, 0.2) is 53.0 Å². The zero-order chi connectivity index (χ0) is 20.6. The third-order valence-corrected chi connectivity index (χ3v) is 5.66. The molecule has 0 atom stereocenters. The Morgan fingerprint density at radius 1 is 1.14 bits per heavy atom. The monoisotopic (exact) mass is 385 g/mol. The van der Waals surface area contributed by atoms with Crippen molar-refractivity contribution in [3.8, 4) is 17.9 Å². The Labute approximate surface area is 171 Å². The number of hydrogen-bond acceptors (Lipinski definition) is 5. The molecule has 29 heavy (non-hydrogen) atoms. The average Bonchev–Trinajstić information content (AvgIpc) is 2.70. The number of nitriles is 2. The summed E-state index contributed by atoms with van der Waals surface area (Å²) >= 11 is 0. The van der Waals surface area contributed by atoms with Gasteiger partial charge in [0.25, 0.3) is 0 Å². The fourth-order valence-corrected chi connectivity index (χ4v) is 4.05. The predicted molar refractivity (Wildman–Crippen MR) is 112 cm³/mol. The molecule has 0 aliphatic carbocycles. The molecule has 0 radical (unpaired) electrons. The lowest BCUT2D eigenvalue weighted by Crippen LogP contribution is -2.42. The van der Waals surface area contributed by atoms with Gasteiger partial charge >= 0.3 is 0 Å². The molecule has 0 fully saturated rings. The average molecular weight is 385 g/mol. The quantitative estimate of drug-likeness (QED) is 0.688. The van der Waals surface area contributed by atoms with Crippen molar-refractivity contribution < 1.29 is 9.47 Å². The third kappa shape index (κ3) is 3.52. The third-order valence-electron chi connectivity index (χ3n) is 5.66. The van der Waals surface area contributed by atoms with Crippen molar-refractivity contribution in [1.82, 2.24) is 0 Å². The van der Waals surface area contributed by atoms with Crippen molar-refractivity contribution in [3.05, 3.63) is 64.2 Å². The molecule has 1 aromatic carbocycles. The summed E-state index contributed by atoms with van der Waals surface area (Å²) in [7, 11) is 0. The van der Waals surface area contributed by atoms with Crippen LogP contribution in [0, 0.1) is 22.7 Å². The minimum Gasteiger partial charge on any atom is -0.490 e. The Balaban J connectivity index is 1.71. The minimum atomic E-state index is 0.0759. The molecule has 0 spiro atoms. The molecule has 4 rings (SSSR count). The number of rotatable bonds is 2. The highest BCUT2D eigenvalue weighted by molar-refractivity contribution is 5.73. The van der Waals surface area contributed by atoms with Crippen molar-refractivity contribution in [1.29, 1.82) is 10.5 Å². The first-order chi connectivity index (χ1) is 13.9. The fourth-order valence-electron chi connectivity index (χ4n) is 4.05.